The van der Waals surface area contributed by atoms with Crippen molar-refractivity contribution >= 4 is 11.6 Å². The van der Waals surface area contributed by atoms with E-state index in [-0.39, 0.29) is 28.7 Å². The molecule has 0 fully saturated rings. The molecule has 0 amide bonds. The van der Waals surface area contributed by atoms with Gasteiger partial charge < -0.3 is 14.5 Å². The van der Waals surface area contributed by atoms with Gasteiger partial charge in [0.25, 0.3) is 5.69 Å². The summed E-state index contributed by atoms with van der Waals surface area (Å²) in [6.45, 7) is 1.11. The van der Waals surface area contributed by atoms with Crippen LogP contribution in [0.25, 0.3) is 11.5 Å². The number of para-hydroxylation sites is 1. The molecule has 8 nitrogen and oxygen atoms in total. The molecule has 8 heteroatoms. The SMILES string of the molecule is COCCCNc1oc(-c2ccccc2[N+](=O)[O-])nc1C#N. The lowest BCUT2D eigenvalue weighted by molar-refractivity contribution is -0.384. The van der Waals surface area contributed by atoms with E-state index >= 15 is 0 Å². The Morgan fingerprint density at radius 3 is 2.95 bits per heavy atom. The van der Waals surface area contributed by atoms with Gasteiger partial charge in [0, 0.05) is 26.3 Å². The first kappa shape index (κ1) is 15.5. The standard InChI is InChI=1S/C14H14N4O4/c1-21-8-4-7-16-14-11(9-15)17-13(22-14)10-5-2-3-6-12(10)18(19)20/h2-3,5-6,16H,4,7-8H2,1H3. The van der Waals surface area contributed by atoms with E-state index in [0.717, 1.165) is 6.42 Å². The van der Waals surface area contributed by atoms with Crippen molar-refractivity contribution in [3.05, 3.63) is 40.1 Å². The minimum absolute atomic E-state index is 0.0399. The second kappa shape index (κ2) is 7.19. The van der Waals surface area contributed by atoms with E-state index in [1.165, 1.54) is 12.1 Å². The maximum Gasteiger partial charge on any atom is 0.282 e. The van der Waals surface area contributed by atoms with Crippen LogP contribution in [0.3, 0.4) is 0 Å². The summed E-state index contributed by atoms with van der Waals surface area (Å²) in [4.78, 5) is 14.5. The third-order valence-electron chi connectivity index (χ3n) is 2.88. The average molecular weight is 302 g/mol. The Kier molecular flexibility index (Phi) is 5.06. The molecule has 2 rings (SSSR count). The van der Waals surface area contributed by atoms with Gasteiger partial charge in [0.15, 0.2) is 0 Å². The lowest BCUT2D eigenvalue weighted by Gasteiger charge is -2.01. The van der Waals surface area contributed by atoms with Gasteiger partial charge in [0.1, 0.15) is 11.6 Å². The number of nitrogens with zero attached hydrogens (tertiary/aromatic N) is 3. The summed E-state index contributed by atoms with van der Waals surface area (Å²) >= 11 is 0. The number of nitriles is 1. The molecular weight excluding hydrogens is 288 g/mol. The number of nitro benzene ring substituents is 1. The molecule has 0 atom stereocenters. The molecule has 0 aliphatic carbocycles. The minimum Gasteiger partial charge on any atom is -0.419 e. The number of anilines is 1. The molecule has 1 N–H and O–H groups in total. The van der Waals surface area contributed by atoms with Crippen LogP contribution < -0.4 is 5.32 Å². The number of benzene rings is 1. The molecule has 22 heavy (non-hydrogen) atoms. The monoisotopic (exact) mass is 302 g/mol. The molecular formula is C14H14N4O4. The molecule has 0 saturated heterocycles. The van der Waals surface area contributed by atoms with Gasteiger partial charge in [-0.05, 0) is 12.5 Å². The van der Waals surface area contributed by atoms with Crippen molar-refractivity contribution in [1.82, 2.24) is 4.98 Å². The minimum atomic E-state index is -0.517. The number of hydrogen-bond acceptors (Lipinski definition) is 7. The van der Waals surface area contributed by atoms with Crippen molar-refractivity contribution in [3.8, 4) is 17.5 Å². The second-order valence-electron chi connectivity index (χ2n) is 4.36. The van der Waals surface area contributed by atoms with Crippen LogP contribution in [0.4, 0.5) is 11.6 Å². The van der Waals surface area contributed by atoms with Gasteiger partial charge in [-0.25, -0.2) is 0 Å². The summed E-state index contributed by atoms with van der Waals surface area (Å²) in [5.41, 5.74) is 0.165. The fraction of sp³-hybridized carbons (Fsp3) is 0.286. The third kappa shape index (κ3) is 3.39. The van der Waals surface area contributed by atoms with Gasteiger partial charge in [0.2, 0.25) is 17.5 Å². The van der Waals surface area contributed by atoms with Crippen LogP contribution in [0.15, 0.2) is 28.7 Å². The summed E-state index contributed by atoms with van der Waals surface area (Å²) in [6, 6.07) is 7.99. The highest BCUT2D eigenvalue weighted by molar-refractivity contribution is 5.68. The number of aromatic nitrogens is 1. The Morgan fingerprint density at radius 1 is 1.50 bits per heavy atom. The van der Waals surface area contributed by atoms with Crippen molar-refractivity contribution in [1.29, 1.82) is 5.26 Å². The van der Waals surface area contributed by atoms with Gasteiger partial charge in [-0.3, -0.25) is 10.1 Å². The third-order valence-corrected chi connectivity index (χ3v) is 2.88. The van der Waals surface area contributed by atoms with Gasteiger partial charge >= 0.3 is 0 Å². The topological polar surface area (TPSA) is 114 Å². The molecule has 114 valence electrons. The van der Waals surface area contributed by atoms with Crippen molar-refractivity contribution in [2.24, 2.45) is 0 Å². The Bertz CT molecular complexity index is 705. The van der Waals surface area contributed by atoms with E-state index in [9.17, 15) is 10.1 Å². The number of ether oxygens (including phenoxy) is 1. The summed E-state index contributed by atoms with van der Waals surface area (Å²) in [5.74, 6) is 0.241. The highest BCUT2D eigenvalue weighted by Crippen LogP contribution is 2.31. The van der Waals surface area contributed by atoms with Crippen LogP contribution in [0.1, 0.15) is 12.1 Å². The van der Waals surface area contributed by atoms with Crippen LogP contribution in [-0.4, -0.2) is 30.2 Å². The van der Waals surface area contributed by atoms with E-state index < -0.39 is 4.92 Å². The average Bonchev–Trinajstić information content (AvgIpc) is 2.94. The number of hydrogen-bond donors (Lipinski definition) is 1. The number of methoxy groups -OCH3 is 1. The molecule has 0 aliphatic heterocycles. The van der Waals surface area contributed by atoms with Crippen LogP contribution in [-0.2, 0) is 4.74 Å². The molecule has 0 bridgehead atoms. The molecule has 0 saturated carbocycles. The number of nitro groups is 1. The maximum absolute atomic E-state index is 11.0. The lowest BCUT2D eigenvalue weighted by atomic mass is 10.2. The zero-order valence-electron chi connectivity index (χ0n) is 11.9. The molecule has 0 radical (unpaired) electrons. The number of oxazole rings is 1. The van der Waals surface area contributed by atoms with Crippen LogP contribution in [0, 0.1) is 21.4 Å². The van der Waals surface area contributed by atoms with E-state index in [4.69, 9.17) is 14.4 Å². The van der Waals surface area contributed by atoms with Crippen molar-refractivity contribution in [2.75, 3.05) is 25.6 Å². The number of nitrogens with one attached hydrogen (secondary N) is 1. The summed E-state index contributed by atoms with van der Waals surface area (Å²) in [5, 5.41) is 23.1. The molecule has 1 aromatic carbocycles. The first-order chi connectivity index (χ1) is 10.7. The van der Waals surface area contributed by atoms with Crippen molar-refractivity contribution < 1.29 is 14.1 Å². The Labute approximate surface area is 126 Å². The Balaban J connectivity index is 2.28. The predicted octanol–water partition coefficient (Wildman–Crippen LogP) is 2.57. The van der Waals surface area contributed by atoms with E-state index in [1.54, 1.807) is 19.2 Å². The fourth-order valence-electron chi connectivity index (χ4n) is 1.86. The summed E-state index contributed by atoms with van der Waals surface area (Å²) in [6.07, 6.45) is 0.725. The van der Waals surface area contributed by atoms with E-state index in [2.05, 4.69) is 10.3 Å². The fourth-order valence-corrected chi connectivity index (χ4v) is 1.86. The first-order valence-electron chi connectivity index (χ1n) is 6.55. The van der Waals surface area contributed by atoms with Crippen LogP contribution in [0.2, 0.25) is 0 Å². The molecule has 1 heterocycles. The van der Waals surface area contributed by atoms with Gasteiger partial charge in [-0.2, -0.15) is 10.2 Å². The van der Waals surface area contributed by atoms with E-state index in [0.29, 0.717) is 13.2 Å². The van der Waals surface area contributed by atoms with Gasteiger partial charge in [-0.15, -0.1) is 0 Å². The van der Waals surface area contributed by atoms with Crippen LogP contribution in [0.5, 0.6) is 0 Å². The summed E-state index contributed by atoms with van der Waals surface area (Å²) < 4.78 is 10.4. The number of rotatable bonds is 7. The first-order valence-corrected chi connectivity index (χ1v) is 6.55. The van der Waals surface area contributed by atoms with Gasteiger partial charge in [0.05, 0.1) is 4.92 Å². The smallest absolute Gasteiger partial charge is 0.282 e. The zero-order valence-corrected chi connectivity index (χ0v) is 11.9. The lowest BCUT2D eigenvalue weighted by Crippen LogP contribution is -2.04. The highest BCUT2D eigenvalue weighted by Gasteiger charge is 2.21. The molecule has 0 aliphatic rings. The molecule has 0 unspecified atom stereocenters. The summed E-state index contributed by atoms with van der Waals surface area (Å²) in [7, 11) is 1.60. The predicted molar refractivity (Wildman–Crippen MR) is 78.3 cm³/mol. The Morgan fingerprint density at radius 2 is 2.27 bits per heavy atom. The maximum atomic E-state index is 11.0. The van der Waals surface area contributed by atoms with Crippen molar-refractivity contribution in [2.45, 2.75) is 6.42 Å². The van der Waals surface area contributed by atoms with Crippen LogP contribution >= 0.6 is 0 Å². The normalized spacial score (nSPS) is 10.2. The Hall–Kier alpha value is -2.92. The van der Waals surface area contributed by atoms with Crippen molar-refractivity contribution in [3.63, 3.8) is 0 Å². The molecule has 0 spiro atoms. The second-order valence-corrected chi connectivity index (χ2v) is 4.36. The highest BCUT2D eigenvalue weighted by atomic mass is 16.6. The quantitative estimate of drug-likeness (QED) is 0.475. The van der Waals surface area contributed by atoms with E-state index in [1.807, 2.05) is 6.07 Å². The molecule has 2 aromatic rings. The zero-order chi connectivity index (χ0) is 15.9. The van der Waals surface area contributed by atoms with Gasteiger partial charge in [-0.1, -0.05) is 12.1 Å². The molecule has 1 aromatic heterocycles. The largest absolute Gasteiger partial charge is 0.419 e.